The van der Waals surface area contributed by atoms with Crippen molar-refractivity contribution in [1.29, 1.82) is 0 Å². The molecule has 106 valence electrons. The van der Waals surface area contributed by atoms with Crippen LogP contribution in [0.1, 0.15) is 21.5 Å². The van der Waals surface area contributed by atoms with Crippen LogP contribution in [0.2, 0.25) is 0 Å². The summed E-state index contributed by atoms with van der Waals surface area (Å²) in [4.78, 5) is 19.4. The molecule has 0 amide bonds. The van der Waals surface area contributed by atoms with Gasteiger partial charge in [-0.15, -0.1) is 0 Å². The van der Waals surface area contributed by atoms with Crippen LogP contribution in [0.15, 0.2) is 36.4 Å². The number of Topliss-reactive ketones (excluding diaryl/α,β-unsaturated/α-hetero) is 1. The third kappa shape index (κ3) is 2.34. The maximum absolute atomic E-state index is 11.5. The number of nitrogens with one attached hydrogen (secondary N) is 1. The van der Waals surface area contributed by atoms with Crippen LogP contribution < -0.4 is 0 Å². The Morgan fingerprint density at radius 1 is 1.24 bits per heavy atom. The van der Waals surface area contributed by atoms with Crippen molar-refractivity contribution in [3.63, 3.8) is 0 Å². The Morgan fingerprint density at radius 2 is 2.05 bits per heavy atom. The lowest BCUT2D eigenvalue weighted by atomic mass is 10.0. The van der Waals surface area contributed by atoms with E-state index in [1.165, 1.54) is 11.1 Å². The SMILES string of the molecule is Cc1cccc(-c2nc3ccc(C(=O)CO)cc3[nH]2)c1C. The van der Waals surface area contributed by atoms with Crippen molar-refractivity contribution >= 4 is 16.8 Å². The maximum Gasteiger partial charge on any atom is 0.188 e. The highest BCUT2D eigenvalue weighted by molar-refractivity contribution is 5.99. The van der Waals surface area contributed by atoms with Gasteiger partial charge in [-0.2, -0.15) is 0 Å². The molecule has 0 aliphatic carbocycles. The molecule has 0 fully saturated rings. The Balaban J connectivity index is 2.13. The first-order valence-corrected chi connectivity index (χ1v) is 6.80. The molecule has 21 heavy (non-hydrogen) atoms. The molecule has 3 rings (SSSR count). The Kier molecular flexibility index (Phi) is 3.31. The van der Waals surface area contributed by atoms with Gasteiger partial charge >= 0.3 is 0 Å². The van der Waals surface area contributed by atoms with Crippen LogP contribution in [0.5, 0.6) is 0 Å². The van der Waals surface area contributed by atoms with Gasteiger partial charge in [-0.1, -0.05) is 18.2 Å². The Morgan fingerprint density at radius 3 is 2.81 bits per heavy atom. The average Bonchev–Trinajstić information content (AvgIpc) is 2.91. The van der Waals surface area contributed by atoms with Gasteiger partial charge in [-0.05, 0) is 43.2 Å². The molecular weight excluding hydrogens is 264 g/mol. The normalized spacial score (nSPS) is 11.0. The van der Waals surface area contributed by atoms with Gasteiger partial charge in [-0.3, -0.25) is 4.79 Å². The van der Waals surface area contributed by atoms with E-state index in [0.717, 1.165) is 22.4 Å². The van der Waals surface area contributed by atoms with Crippen LogP contribution in [0.25, 0.3) is 22.4 Å². The molecule has 4 nitrogen and oxygen atoms in total. The van der Waals surface area contributed by atoms with E-state index in [1.54, 1.807) is 18.2 Å². The van der Waals surface area contributed by atoms with Crippen molar-refractivity contribution in [3.8, 4) is 11.4 Å². The lowest BCUT2D eigenvalue weighted by Crippen LogP contribution is -2.03. The van der Waals surface area contributed by atoms with E-state index in [4.69, 9.17) is 5.11 Å². The van der Waals surface area contributed by atoms with E-state index in [2.05, 4.69) is 29.9 Å². The second-order valence-corrected chi connectivity index (χ2v) is 5.15. The number of aromatic nitrogens is 2. The smallest absolute Gasteiger partial charge is 0.188 e. The van der Waals surface area contributed by atoms with Crippen molar-refractivity contribution in [2.75, 3.05) is 6.61 Å². The number of aliphatic hydroxyl groups excluding tert-OH is 1. The highest BCUT2D eigenvalue weighted by Crippen LogP contribution is 2.25. The molecule has 1 heterocycles. The molecule has 2 N–H and O–H groups in total. The van der Waals surface area contributed by atoms with E-state index in [1.807, 2.05) is 12.1 Å². The van der Waals surface area contributed by atoms with Gasteiger partial charge in [0.05, 0.1) is 11.0 Å². The van der Waals surface area contributed by atoms with E-state index in [0.29, 0.717) is 5.56 Å². The first kappa shape index (κ1) is 13.5. The average molecular weight is 280 g/mol. The molecule has 0 saturated heterocycles. The minimum atomic E-state index is -0.483. The zero-order valence-corrected chi connectivity index (χ0v) is 12.0. The lowest BCUT2D eigenvalue weighted by molar-refractivity contribution is 0.0904. The predicted octanol–water partition coefficient (Wildman–Crippen LogP) is 3.02. The number of rotatable bonds is 3. The first-order valence-electron chi connectivity index (χ1n) is 6.80. The maximum atomic E-state index is 11.5. The molecule has 0 saturated carbocycles. The monoisotopic (exact) mass is 280 g/mol. The second kappa shape index (κ2) is 5.14. The Bertz CT molecular complexity index is 834. The van der Waals surface area contributed by atoms with Gasteiger partial charge in [0.15, 0.2) is 5.78 Å². The van der Waals surface area contributed by atoms with Crippen LogP contribution >= 0.6 is 0 Å². The molecule has 3 aromatic rings. The summed E-state index contributed by atoms with van der Waals surface area (Å²) in [5.41, 5.74) is 5.54. The minimum Gasteiger partial charge on any atom is -0.388 e. The summed E-state index contributed by atoms with van der Waals surface area (Å²) in [6, 6.07) is 11.3. The van der Waals surface area contributed by atoms with Crippen LogP contribution in [0.4, 0.5) is 0 Å². The number of hydrogen-bond acceptors (Lipinski definition) is 3. The third-order valence-corrected chi connectivity index (χ3v) is 3.81. The van der Waals surface area contributed by atoms with Crippen LogP contribution in [-0.4, -0.2) is 27.5 Å². The largest absolute Gasteiger partial charge is 0.388 e. The summed E-state index contributed by atoms with van der Waals surface area (Å²) in [5, 5.41) is 8.94. The van der Waals surface area contributed by atoms with E-state index >= 15 is 0 Å². The number of H-pyrrole nitrogens is 1. The van der Waals surface area contributed by atoms with E-state index in [-0.39, 0.29) is 5.78 Å². The number of aromatic amines is 1. The number of benzene rings is 2. The van der Waals surface area contributed by atoms with Gasteiger partial charge in [0.2, 0.25) is 0 Å². The highest BCUT2D eigenvalue weighted by Gasteiger charge is 2.11. The Hall–Kier alpha value is -2.46. The fourth-order valence-corrected chi connectivity index (χ4v) is 2.41. The van der Waals surface area contributed by atoms with Gasteiger partial charge < -0.3 is 10.1 Å². The van der Waals surface area contributed by atoms with Crippen LogP contribution in [-0.2, 0) is 0 Å². The van der Waals surface area contributed by atoms with Gasteiger partial charge in [0.25, 0.3) is 0 Å². The van der Waals surface area contributed by atoms with Crippen LogP contribution in [0.3, 0.4) is 0 Å². The van der Waals surface area contributed by atoms with Crippen molar-refractivity contribution < 1.29 is 9.90 Å². The molecule has 0 radical (unpaired) electrons. The number of carbonyl (C=O) groups is 1. The minimum absolute atomic E-state index is 0.292. The molecule has 0 spiro atoms. The summed E-state index contributed by atoms with van der Waals surface area (Å²) < 4.78 is 0. The molecule has 2 aromatic carbocycles. The fourth-order valence-electron chi connectivity index (χ4n) is 2.41. The topological polar surface area (TPSA) is 66.0 Å². The summed E-state index contributed by atoms with van der Waals surface area (Å²) in [5.74, 6) is 0.500. The summed E-state index contributed by atoms with van der Waals surface area (Å²) >= 11 is 0. The number of carbonyl (C=O) groups excluding carboxylic acids is 1. The van der Waals surface area contributed by atoms with Gasteiger partial charge in [0, 0.05) is 11.1 Å². The first-order chi connectivity index (χ1) is 10.1. The molecule has 0 atom stereocenters. The molecule has 4 heteroatoms. The predicted molar refractivity (Wildman–Crippen MR) is 82.4 cm³/mol. The quantitative estimate of drug-likeness (QED) is 0.725. The molecule has 1 aromatic heterocycles. The van der Waals surface area contributed by atoms with Crippen molar-refractivity contribution in [2.24, 2.45) is 0 Å². The fraction of sp³-hybridized carbons (Fsp3) is 0.176. The number of hydrogen-bond donors (Lipinski definition) is 2. The summed E-state index contributed by atoms with van der Waals surface area (Å²) in [6.45, 7) is 3.65. The number of aliphatic hydroxyl groups is 1. The van der Waals surface area contributed by atoms with Gasteiger partial charge in [-0.25, -0.2) is 4.98 Å². The molecule has 0 aliphatic heterocycles. The van der Waals surface area contributed by atoms with Crippen molar-refractivity contribution in [1.82, 2.24) is 9.97 Å². The highest BCUT2D eigenvalue weighted by atomic mass is 16.3. The molecule has 0 aliphatic rings. The molecular formula is C17H16N2O2. The zero-order valence-electron chi connectivity index (χ0n) is 12.0. The molecule has 0 bridgehead atoms. The lowest BCUT2D eigenvalue weighted by Gasteiger charge is -2.05. The second-order valence-electron chi connectivity index (χ2n) is 5.15. The number of fused-ring (bicyclic) bond motifs is 1. The van der Waals surface area contributed by atoms with E-state index in [9.17, 15) is 4.79 Å². The number of ketones is 1. The number of nitrogens with zero attached hydrogens (tertiary/aromatic N) is 1. The summed E-state index contributed by atoms with van der Waals surface area (Å²) in [7, 11) is 0. The van der Waals surface area contributed by atoms with Crippen LogP contribution in [0, 0.1) is 13.8 Å². The van der Waals surface area contributed by atoms with E-state index < -0.39 is 6.61 Å². The third-order valence-electron chi connectivity index (χ3n) is 3.81. The molecule has 0 unspecified atom stereocenters. The zero-order chi connectivity index (χ0) is 15.0. The summed E-state index contributed by atoms with van der Waals surface area (Å²) in [6.07, 6.45) is 0. The van der Waals surface area contributed by atoms with Crippen molar-refractivity contribution in [3.05, 3.63) is 53.1 Å². The standard InChI is InChI=1S/C17H16N2O2/c1-10-4-3-5-13(11(10)2)17-18-14-7-6-12(16(21)9-20)8-15(14)19-17/h3-8,20H,9H2,1-2H3,(H,18,19). The Labute approximate surface area is 122 Å². The van der Waals surface area contributed by atoms with Gasteiger partial charge in [0.1, 0.15) is 12.4 Å². The van der Waals surface area contributed by atoms with Crippen molar-refractivity contribution in [2.45, 2.75) is 13.8 Å². The number of imidazole rings is 1. The number of aryl methyl sites for hydroxylation is 1.